The molecule has 11 heteroatoms. The van der Waals surface area contributed by atoms with Crippen LogP contribution >= 0.6 is 35.6 Å². The normalized spacial score (nSPS) is 14.8. The third-order valence-corrected chi connectivity index (χ3v) is 6.29. The highest BCUT2D eigenvalue weighted by Crippen LogP contribution is 2.37. The average Bonchev–Trinajstić information content (AvgIpc) is 3.32. The first-order valence-electron chi connectivity index (χ1n) is 9.36. The van der Waals surface area contributed by atoms with E-state index in [2.05, 4.69) is 0 Å². The summed E-state index contributed by atoms with van der Waals surface area (Å²) in [5, 5.41) is 19.9. The SMILES string of the molecule is O=C(O)Cc1ccc(N2C(=O)/C(=C\c3ccc(-c4ccc([N+](=O)[O-])cc4Cl)o3)SC2=S)cc1. The second-order valence-electron chi connectivity index (χ2n) is 6.88. The van der Waals surface area contributed by atoms with Gasteiger partial charge in [0.05, 0.1) is 27.0 Å². The van der Waals surface area contributed by atoms with Gasteiger partial charge in [-0.2, -0.15) is 0 Å². The van der Waals surface area contributed by atoms with Crippen molar-refractivity contribution < 1.29 is 24.0 Å². The van der Waals surface area contributed by atoms with Crippen molar-refractivity contribution in [3.05, 3.63) is 86.0 Å². The zero-order chi connectivity index (χ0) is 23.7. The first kappa shape index (κ1) is 22.7. The maximum Gasteiger partial charge on any atom is 0.307 e. The largest absolute Gasteiger partial charge is 0.481 e. The van der Waals surface area contributed by atoms with E-state index in [4.69, 9.17) is 33.3 Å². The molecule has 166 valence electrons. The molecule has 1 N–H and O–H groups in total. The van der Waals surface area contributed by atoms with Crippen molar-refractivity contribution in [2.75, 3.05) is 4.90 Å². The summed E-state index contributed by atoms with van der Waals surface area (Å²) >= 11 is 12.6. The summed E-state index contributed by atoms with van der Waals surface area (Å²) in [7, 11) is 0. The molecule has 0 atom stereocenters. The predicted octanol–water partition coefficient (Wildman–Crippen LogP) is 5.54. The van der Waals surface area contributed by atoms with Crippen LogP contribution in [0.15, 0.2) is 63.9 Å². The van der Waals surface area contributed by atoms with Crippen molar-refractivity contribution in [3.8, 4) is 11.3 Å². The summed E-state index contributed by atoms with van der Waals surface area (Å²) in [6, 6.07) is 13.9. The summed E-state index contributed by atoms with van der Waals surface area (Å²) in [6.07, 6.45) is 1.44. The van der Waals surface area contributed by atoms with Crippen molar-refractivity contribution >= 4 is 69.2 Å². The lowest BCUT2D eigenvalue weighted by molar-refractivity contribution is -0.384. The molecule has 1 aliphatic heterocycles. The molecule has 1 fully saturated rings. The molecule has 4 rings (SSSR count). The monoisotopic (exact) mass is 500 g/mol. The number of nitro groups is 1. The van der Waals surface area contributed by atoms with Crippen LogP contribution in [0.1, 0.15) is 11.3 Å². The lowest BCUT2D eigenvalue weighted by atomic mass is 10.1. The van der Waals surface area contributed by atoms with E-state index >= 15 is 0 Å². The van der Waals surface area contributed by atoms with Gasteiger partial charge in [0, 0.05) is 23.8 Å². The number of amides is 1. The summed E-state index contributed by atoms with van der Waals surface area (Å²) in [4.78, 5) is 35.9. The highest BCUT2D eigenvalue weighted by atomic mass is 35.5. The molecule has 1 aromatic heterocycles. The minimum Gasteiger partial charge on any atom is -0.481 e. The van der Waals surface area contributed by atoms with E-state index in [1.165, 1.54) is 23.1 Å². The Labute approximate surface area is 201 Å². The number of non-ortho nitro benzene ring substituents is 1. The molecule has 0 aliphatic carbocycles. The number of halogens is 1. The van der Waals surface area contributed by atoms with Gasteiger partial charge in [0.15, 0.2) is 4.32 Å². The Hall–Kier alpha value is -3.47. The van der Waals surface area contributed by atoms with Crippen LogP contribution in [0.5, 0.6) is 0 Å². The lowest BCUT2D eigenvalue weighted by Gasteiger charge is -2.14. The standard InChI is InChI=1S/C22H13ClN2O6S2/c23-17-10-14(25(29)30)5-7-16(17)18-8-6-15(31-18)11-19-21(28)24(22(32)33-19)13-3-1-12(2-4-13)9-20(26)27/h1-8,10-11H,9H2,(H,26,27)/b19-11+. The zero-order valence-electron chi connectivity index (χ0n) is 16.6. The molecule has 1 saturated heterocycles. The van der Waals surface area contributed by atoms with Crippen LogP contribution in [-0.2, 0) is 16.0 Å². The Kier molecular flexibility index (Phi) is 6.32. The van der Waals surface area contributed by atoms with Crippen molar-refractivity contribution in [1.29, 1.82) is 0 Å². The second kappa shape index (κ2) is 9.18. The molecule has 0 radical (unpaired) electrons. The number of carboxylic acids is 1. The van der Waals surface area contributed by atoms with E-state index in [-0.39, 0.29) is 23.0 Å². The molecule has 8 nitrogen and oxygen atoms in total. The molecule has 1 amide bonds. The minimum atomic E-state index is -0.941. The summed E-state index contributed by atoms with van der Waals surface area (Å²) in [5.41, 5.74) is 1.50. The number of benzene rings is 2. The van der Waals surface area contributed by atoms with E-state index in [9.17, 15) is 19.7 Å². The molecule has 33 heavy (non-hydrogen) atoms. The number of thiocarbonyl (C=S) groups is 1. The molecular weight excluding hydrogens is 488 g/mol. The lowest BCUT2D eigenvalue weighted by Crippen LogP contribution is -2.27. The van der Waals surface area contributed by atoms with Gasteiger partial charge in [-0.15, -0.1) is 0 Å². The van der Waals surface area contributed by atoms with Gasteiger partial charge < -0.3 is 9.52 Å². The van der Waals surface area contributed by atoms with Gasteiger partial charge in [-0.3, -0.25) is 24.6 Å². The molecule has 2 heterocycles. The number of anilines is 1. The van der Waals surface area contributed by atoms with Crippen LogP contribution < -0.4 is 4.90 Å². The fraction of sp³-hybridized carbons (Fsp3) is 0.0455. The van der Waals surface area contributed by atoms with Crippen LogP contribution in [0.2, 0.25) is 5.02 Å². The average molecular weight is 501 g/mol. The Morgan fingerprint density at radius 1 is 1.21 bits per heavy atom. The van der Waals surface area contributed by atoms with Gasteiger partial charge in [0.1, 0.15) is 11.5 Å². The van der Waals surface area contributed by atoms with Gasteiger partial charge >= 0.3 is 5.97 Å². The number of furan rings is 1. The molecule has 2 aromatic carbocycles. The Balaban J connectivity index is 1.55. The number of carbonyl (C=O) groups is 2. The molecule has 0 bridgehead atoms. The molecule has 3 aromatic rings. The molecule has 0 saturated carbocycles. The van der Waals surface area contributed by atoms with Crippen molar-refractivity contribution in [2.45, 2.75) is 6.42 Å². The number of aliphatic carboxylic acids is 1. The topological polar surface area (TPSA) is 114 Å². The van der Waals surface area contributed by atoms with Gasteiger partial charge in [-0.25, -0.2) is 0 Å². The number of nitro benzene ring substituents is 1. The predicted molar refractivity (Wildman–Crippen MR) is 129 cm³/mol. The van der Waals surface area contributed by atoms with E-state index in [0.717, 1.165) is 11.8 Å². The smallest absolute Gasteiger partial charge is 0.307 e. The quantitative estimate of drug-likeness (QED) is 0.203. The first-order chi connectivity index (χ1) is 15.7. The molecule has 0 spiro atoms. The van der Waals surface area contributed by atoms with Crippen LogP contribution in [-0.4, -0.2) is 26.2 Å². The highest BCUT2D eigenvalue weighted by molar-refractivity contribution is 8.27. The number of rotatable bonds is 6. The fourth-order valence-corrected chi connectivity index (χ4v) is 4.70. The maximum atomic E-state index is 12.9. The number of hydrogen-bond donors (Lipinski definition) is 1. The van der Waals surface area contributed by atoms with Crippen molar-refractivity contribution in [2.24, 2.45) is 0 Å². The summed E-state index contributed by atoms with van der Waals surface area (Å²) < 4.78 is 6.11. The number of nitrogens with zero attached hydrogens (tertiary/aromatic N) is 2. The van der Waals surface area contributed by atoms with Gasteiger partial charge in [-0.05, 0) is 35.9 Å². The fourth-order valence-electron chi connectivity index (χ4n) is 3.15. The molecule has 0 unspecified atom stereocenters. The minimum absolute atomic E-state index is 0.113. The van der Waals surface area contributed by atoms with Crippen LogP contribution in [0, 0.1) is 10.1 Å². The third kappa shape index (κ3) is 4.82. The van der Waals surface area contributed by atoms with Crippen molar-refractivity contribution in [3.63, 3.8) is 0 Å². The maximum absolute atomic E-state index is 12.9. The van der Waals surface area contributed by atoms with E-state index in [1.54, 1.807) is 42.5 Å². The van der Waals surface area contributed by atoms with Gasteiger partial charge in [-0.1, -0.05) is 47.7 Å². The molecule has 1 aliphatic rings. The number of hydrogen-bond acceptors (Lipinski definition) is 7. The van der Waals surface area contributed by atoms with E-state index in [1.807, 2.05) is 0 Å². The van der Waals surface area contributed by atoms with Crippen molar-refractivity contribution in [1.82, 2.24) is 0 Å². The number of carbonyl (C=O) groups excluding carboxylic acids is 1. The number of carboxylic acid groups (broad SMARTS) is 1. The van der Waals surface area contributed by atoms with E-state index < -0.39 is 10.9 Å². The number of thioether (sulfide) groups is 1. The Morgan fingerprint density at radius 3 is 2.58 bits per heavy atom. The Bertz CT molecular complexity index is 1330. The van der Waals surface area contributed by atoms with Crippen LogP contribution in [0.25, 0.3) is 17.4 Å². The zero-order valence-corrected chi connectivity index (χ0v) is 18.9. The van der Waals surface area contributed by atoms with Gasteiger partial charge in [0.25, 0.3) is 11.6 Å². The Morgan fingerprint density at radius 2 is 1.94 bits per heavy atom. The van der Waals surface area contributed by atoms with E-state index in [0.29, 0.717) is 37.6 Å². The first-order valence-corrected chi connectivity index (χ1v) is 11.0. The van der Waals surface area contributed by atoms with Crippen LogP contribution in [0.3, 0.4) is 0 Å². The van der Waals surface area contributed by atoms with Crippen LogP contribution in [0.4, 0.5) is 11.4 Å². The second-order valence-corrected chi connectivity index (χ2v) is 8.96. The molecular formula is C22H13ClN2O6S2. The summed E-state index contributed by atoms with van der Waals surface area (Å²) in [5.74, 6) is -0.492. The summed E-state index contributed by atoms with van der Waals surface area (Å²) in [6.45, 7) is 0. The van der Waals surface area contributed by atoms with Gasteiger partial charge in [0.2, 0.25) is 0 Å². The third-order valence-electron chi connectivity index (χ3n) is 4.67. The highest BCUT2D eigenvalue weighted by Gasteiger charge is 2.33.